The molecule has 4 nitrogen and oxygen atoms in total. The number of fused-ring (bicyclic) bond motifs is 1. The lowest BCUT2D eigenvalue weighted by Gasteiger charge is -2.35. The van der Waals surface area contributed by atoms with Gasteiger partial charge >= 0.3 is 6.03 Å². The molecule has 0 unspecified atom stereocenters. The number of likely N-dealkylation sites (N-methyl/N-ethyl adjacent to an activating group) is 1. The van der Waals surface area contributed by atoms with Crippen LogP contribution in [0.3, 0.4) is 0 Å². The van der Waals surface area contributed by atoms with Gasteiger partial charge in [-0.15, -0.1) is 0 Å². The molecule has 0 aromatic heterocycles. The summed E-state index contributed by atoms with van der Waals surface area (Å²) in [6, 6.07) is 8.15. The number of hydrogen-bond acceptors (Lipinski definition) is 2. The van der Waals surface area contributed by atoms with Crippen molar-refractivity contribution in [1.29, 1.82) is 0 Å². The smallest absolute Gasteiger partial charge is 0.322 e. The van der Waals surface area contributed by atoms with Crippen LogP contribution in [-0.4, -0.2) is 32.2 Å². The first-order valence-corrected chi connectivity index (χ1v) is 5.98. The molecule has 1 aromatic rings. The van der Waals surface area contributed by atoms with Crippen LogP contribution in [0.2, 0.25) is 0 Å². The number of hydrogen-bond donors (Lipinski definition) is 1. The molecule has 1 aliphatic heterocycles. The molecule has 4 heteroatoms. The quantitative estimate of drug-likeness (QED) is 0.806. The van der Waals surface area contributed by atoms with Crippen molar-refractivity contribution in [3.8, 4) is 0 Å². The van der Waals surface area contributed by atoms with Crippen molar-refractivity contribution in [2.24, 2.45) is 0 Å². The lowest BCUT2D eigenvalue weighted by Crippen LogP contribution is -2.48. The first-order valence-electron chi connectivity index (χ1n) is 5.98. The van der Waals surface area contributed by atoms with Gasteiger partial charge in [0.2, 0.25) is 0 Å². The minimum atomic E-state index is -0.0134. The number of carbonyl (C=O) groups is 1. The van der Waals surface area contributed by atoms with E-state index >= 15 is 0 Å². The van der Waals surface area contributed by atoms with Gasteiger partial charge in [0.25, 0.3) is 0 Å². The van der Waals surface area contributed by atoms with Crippen molar-refractivity contribution in [3.05, 3.63) is 24.3 Å². The summed E-state index contributed by atoms with van der Waals surface area (Å²) in [6.07, 6.45) is 0. The summed E-state index contributed by atoms with van der Waals surface area (Å²) in [6.45, 7) is 5.54. The predicted octanol–water partition coefficient (Wildman–Crippen LogP) is 2.06. The Morgan fingerprint density at radius 2 is 1.88 bits per heavy atom. The molecular weight excluding hydrogens is 214 g/mol. The molecule has 0 saturated heterocycles. The summed E-state index contributed by atoms with van der Waals surface area (Å²) >= 11 is 0. The minimum absolute atomic E-state index is 0.0134. The zero-order valence-corrected chi connectivity index (χ0v) is 10.6. The largest absolute Gasteiger partial charge is 0.371 e. The predicted molar refractivity (Wildman–Crippen MR) is 70.7 cm³/mol. The Morgan fingerprint density at radius 1 is 1.24 bits per heavy atom. The van der Waals surface area contributed by atoms with Gasteiger partial charge in [-0.1, -0.05) is 12.1 Å². The third-order valence-electron chi connectivity index (χ3n) is 2.90. The highest BCUT2D eigenvalue weighted by Crippen LogP contribution is 2.31. The van der Waals surface area contributed by atoms with Gasteiger partial charge in [-0.25, -0.2) is 4.79 Å². The molecule has 0 spiro atoms. The fourth-order valence-electron chi connectivity index (χ4n) is 2.04. The van der Waals surface area contributed by atoms with E-state index in [1.165, 1.54) is 0 Å². The molecule has 0 atom stereocenters. The molecule has 17 heavy (non-hydrogen) atoms. The second-order valence-electron chi connectivity index (χ2n) is 4.67. The van der Waals surface area contributed by atoms with Crippen molar-refractivity contribution in [2.75, 3.05) is 29.9 Å². The molecule has 1 aromatic carbocycles. The maximum atomic E-state index is 12.1. The fraction of sp³-hybridized carbons (Fsp3) is 0.462. The molecule has 1 N–H and O–H groups in total. The zero-order valence-electron chi connectivity index (χ0n) is 10.6. The summed E-state index contributed by atoms with van der Waals surface area (Å²) in [5, 5.41) is 2.94. The molecule has 0 fully saturated rings. The molecule has 2 rings (SSSR count). The summed E-state index contributed by atoms with van der Waals surface area (Å²) in [5.74, 6) is 0. The molecule has 2 amide bonds. The second-order valence-corrected chi connectivity index (χ2v) is 4.67. The Kier molecular flexibility index (Phi) is 3.22. The number of anilines is 2. The van der Waals surface area contributed by atoms with Gasteiger partial charge in [0.15, 0.2) is 0 Å². The van der Waals surface area contributed by atoms with Crippen LogP contribution in [0.15, 0.2) is 24.3 Å². The van der Waals surface area contributed by atoms with E-state index in [-0.39, 0.29) is 12.1 Å². The van der Waals surface area contributed by atoms with Crippen molar-refractivity contribution in [1.82, 2.24) is 5.32 Å². The van der Waals surface area contributed by atoms with E-state index in [1.807, 2.05) is 43.0 Å². The first-order chi connectivity index (χ1) is 8.09. The van der Waals surface area contributed by atoms with Crippen molar-refractivity contribution in [2.45, 2.75) is 19.9 Å². The maximum absolute atomic E-state index is 12.1. The summed E-state index contributed by atoms with van der Waals surface area (Å²) in [7, 11) is 2.05. The van der Waals surface area contributed by atoms with E-state index in [0.717, 1.165) is 24.5 Å². The van der Waals surface area contributed by atoms with Gasteiger partial charge < -0.3 is 10.2 Å². The molecule has 0 saturated carbocycles. The number of nitrogens with one attached hydrogen (secondary N) is 1. The van der Waals surface area contributed by atoms with Crippen LogP contribution >= 0.6 is 0 Å². The second kappa shape index (κ2) is 4.65. The van der Waals surface area contributed by atoms with E-state index in [4.69, 9.17) is 0 Å². The zero-order chi connectivity index (χ0) is 12.4. The normalized spacial score (nSPS) is 14.8. The average Bonchev–Trinajstić information content (AvgIpc) is 2.29. The van der Waals surface area contributed by atoms with Gasteiger partial charge in [-0.3, -0.25) is 4.90 Å². The Bertz CT molecular complexity index is 417. The van der Waals surface area contributed by atoms with Crippen LogP contribution in [0.5, 0.6) is 0 Å². The highest BCUT2D eigenvalue weighted by atomic mass is 16.2. The van der Waals surface area contributed by atoms with E-state index in [2.05, 4.69) is 17.3 Å². The Balaban J connectivity index is 2.27. The number of rotatable bonds is 1. The number of amides is 2. The van der Waals surface area contributed by atoms with Crippen LogP contribution in [0.4, 0.5) is 16.2 Å². The first kappa shape index (κ1) is 11.8. The number of urea groups is 1. The maximum Gasteiger partial charge on any atom is 0.322 e. The lowest BCUT2D eigenvalue weighted by atomic mass is 10.2. The third kappa shape index (κ3) is 2.35. The van der Waals surface area contributed by atoms with Crippen LogP contribution < -0.4 is 15.1 Å². The molecule has 0 aliphatic carbocycles. The molecule has 0 bridgehead atoms. The Hall–Kier alpha value is -1.71. The number of para-hydroxylation sites is 2. The lowest BCUT2D eigenvalue weighted by molar-refractivity contribution is 0.244. The monoisotopic (exact) mass is 233 g/mol. The molecule has 0 radical (unpaired) electrons. The van der Waals surface area contributed by atoms with E-state index < -0.39 is 0 Å². The van der Waals surface area contributed by atoms with Gasteiger partial charge in [0, 0.05) is 26.2 Å². The number of nitrogens with zero attached hydrogens (tertiary/aromatic N) is 2. The van der Waals surface area contributed by atoms with Gasteiger partial charge in [-0.2, -0.15) is 0 Å². The molecular formula is C13H19N3O. The fourth-order valence-corrected chi connectivity index (χ4v) is 2.04. The van der Waals surface area contributed by atoms with E-state index in [1.54, 1.807) is 0 Å². The van der Waals surface area contributed by atoms with Crippen molar-refractivity contribution < 1.29 is 4.79 Å². The molecule has 1 aliphatic rings. The summed E-state index contributed by atoms with van der Waals surface area (Å²) in [5.41, 5.74) is 2.09. The molecule has 92 valence electrons. The van der Waals surface area contributed by atoms with Crippen LogP contribution in [0, 0.1) is 0 Å². The third-order valence-corrected chi connectivity index (χ3v) is 2.90. The van der Waals surface area contributed by atoms with Gasteiger partial charge in [0.05, 0.1) is 11.4 Å². The Labute approximate surface area is 102 Å². The van der Waals surface area contributed by atoms with Crippen LogP contribution in [0.25, 0.3) is 0 Å². The topological polar surface area (TPSA) is 35.6 Å². The summed E-state index contributed by atoms with van der Waals surface area (Å²) < 4.78 is 0. The number of benzene rings is 1. The van der Waals surface area contributed by atoms with Gasteiger partial charge in [-0.05, 0) is 26.0 Å². The highest BCUT2D eigenvalue weighted by Gasteiger charge is 2.24. The number of carbonyl (C=O) groups excluding carboxylic acids is 1. The van der Waals surface area contributed by atoms with E-state index in [0.29, 0.717) is 0 Å². The van der Waals surface area contributed by atoms with Crippen molar-refractivity contribution in [3.63, 3.8) is 0 Å². The van der Waals surface area contributed by atoms with Crippen LogP contribution in [-0.2, 0) is 0 Å². The SMILES string of the molecule is CC(C)NC(=O)N1CCN(C)c2ccccc21. The molecule has 1 heterocycles. The summed E-state index contributed by atoms with van der Waals surface area (Å²) in [4.78, 5) is 16.1. The minimum Gasteiger partial charge on any atom is -0.371 e. The van der Waals surface area contributed by atoms with Crippen LogP contribution in [0.1, 0.15) is 13.8 Å². The van der Waals surface area contributed by atoms with Gasteiger partial charge in [0.1, 0.15) is 0 Å². The Morgan fingerprint density at radius 3 is 2.53 bits per heavy atom. The average molecular weight is 233 g/mol. The van der Waals surface area contributed by atoms with Crippen molar-refractivity contribution >= 4 is 17.4 Å². The standard InChI is InChI=1S/C13H19N3O/c1-10(2)14-13(17)16-9-8-15(3)11-6-4-5-7-12(11)16/h4-7,10H,8-9H2,1-3H3,(H,14,17). The highest BCUT2D eigenvalue weighted by molar-refractivity contribution is 5.96. The van der Waals surface area contributed by atoms with E-state index in [9.17, 15) is 4.79 Å².